The summed E-state index contributed by atoms with van der Waals surface area (Å²) in [5.41, 5.74) is 6.77. The maximum atomic E-state index is 5.56. The quantitative estimate of drug-likeness (QED) is 0.681. The Kier molecular flexibility index (Phi) is 5.31. The lowest BCUT2D eigenvalue weighted by Crippen LogP contribution is -2.31. The highest BCUT2D eigenvalue weighted by Crippen LogP contribution is 2.02. The third kappa shape index (κ3) is 4.42. The Morgan fingerprint density at radius 3 is 2.87 bits per heavy atom. The molecule has 0 aliphatic heterocycles. The molecule has 0 aliphatic rings. The number of aromatic nitrogens is 2. The van der Waals surface area contributed by atoms with Crippen molar-refractivity contribution < 1.29 is 4.74 Å². The van der Waals surface area contributed by atoms with Gasteiger partial charge in [0.15, 0.2) is 0 Å². The third-order valence-electron chi connectivity index (χ3n) is 2.22. The van der Waals surface area contributed by atoms with Gasteiger partial charge in [-0.3, -0.25) is 9.58 Å². The van der Waals surface area contributed by atoms with Crippen LogP contribution in [0.2, 0.25) is 0 Å². The van der Waals surface area contributed by atoms with Crippen LogP contribution >= 0.6 is 0 Å². The summed E-state index contributed by atoms with van der Waals surface area (Å²) in [4.78, 5) is 2.26. The summed E-state index contributed by atoms with van der Waals surface area (Å²) in [7, 11) is 3.64. The van der Waals surface area contributed by atoms with E-state index in [1.807, 2.05) is 24.1 Å². The topological polar surface area (TPSA) is 56.3 Å². The molecule has 0 spiro atoms. The lowest BCUT2D eigenvalue weighted by Gasteiger charge is -2.20. The van der Waals surface area contributed by atoms with Crippen LogP contribution in [0.15, 0.2) is 12.4 Å². The third-order valence-corrected chi connectivity index (χ3v) is 2.22. The summed E-state index contributed by atoms with van der Waals surface area (Å²) >= 11 is 0. The molecule has 0 bridgehead atoms. The van der Waals surface area contributed by atoms with Crippen LogP contribution < -0.4 is 5.73 Å². The number of rotatable bonds is 7. The molecule has 0 aromatic carbocycles. The van der Waals surface area contributed by atoms with Crippen LogP contribution in [-0.2, 0) is 18.3 Å². The standard InChI is InChI=1S/C10H20N4O/c1-13-8-10(7-12-13)9-14(4-3-11)5-6-15-2/h7-8H,3-6,9,11H2,1-2H3. The molecule has 15 heavy (non-hydrogen) atoms. The van der Waals surface area contributed by atoms with E-state index in [1.165, 1.54) is 5.56 Å². The zero-order valence-electron chi connectivity index (χ0n) is 9.52. The van der Waals surface area contributed by atoms with Crippen molar-refractivity contribution in [3.63, 3.8) is 0 Å². The van der Waals surface area contributed by atoms with E-state index >= 15 is 0 Å². The van der Waals surface area contributed by atoms with Crippen LogP contribution in [0.5, 0.6) is 0 Å². The molecule has 1 heterocycles. The average Bonchev–Trinajstić information content (AvgIpc) is 2.61. The molecule has 0 unspecified atom stereocenters. The SMILES string of the molecule is COCCN(CCN)Cc1cnn(C)c1. The molecule has 1 aromatic rings. The van der Waals surface area contributed by atoms with E-state index in [0.29, 0.717) is 6.54 Å². The second-order valence-corrected chi connectivity index (χ2v) is 3.58. The van der Waals surface area contributed by atoms with Crippen LogP contribution in [0.4, 0.5) is 0 Å². The van der Waals surface area contributed by atoms with E-state index in [1.54, 1.807) is 7.11 Å². The second kappa shape index (κ2) is 6.55. The summed E-state index contributed by atoms with van der Waals surface area (Å²) in [6.45, 7) is 4.08. The van der Waals surface area contributed by atoms with Crippen molar-refractivity contribution in [2.75, 3.05) is 33.4 Å². The highest BCUT2D eigenvalue weighted by molar-refractivity contribution is 5.03. The Morgan fingerprint density at radius 1 is 1.53 bits per heavy atom. The molecule has 0 aliphatic carbocycles. The predicted molar refractivity (Wildman–Crippen MR) is 59.4 cm³/mol. The maximum absolute atomic E-state index is 5.56. The minimum Gasteiger partial charge on any atom is -0.383 e. The number of nitrogens with zero attached hydrogens (tertiary/aromatic N) is 3. The van der Waals surface area contributed by atoms with Crippen molar-refractivity contribution >= 4 is 0 Å². The summed E-state index contributed by atoms with van der Waals surface area (Å²) in [6.07, 6.45) is 3.91. The molecular formula is C10H20N4O. The van der Waals surface area contributed by atoms with Gasteiger partial charge in [0.1, 0.15) is 0 Å². The largest absolute Gasteiger partial charge is 0.383 e. The van der Waals surface area contributed by atoms with E-state index in [9.17, 15) is 0 Å². The number of nitrogens with two attached hydrogens (primary N) is 1. The number of ether oxygens (including phenoxy) is 1. The molecule has 5 heteroatoms. The van der Waals surface area contributed by atoms with Gasteiger partial charge < -0.3 is 10.5 Å². The van der Waals surface area contributed by atoms with Gasteiger partial charge in [0, 0.05) is 52.1 Å². The molecule has 0 fully saturated rings. The second-order valence-electron chi connectivity index (χ2n) is 3.58. The molecule has 0 saturated carbocycles. The minimum absolute atomic E-state index is 0.671. The number of aryl methyl sites for hydroxylation is 1. The zero-order valence-corrected chi connectivity index (χ0v) is 9.52. The van der Waals surface area contributed by atoms with Gasteiger partial charge in [-0.2, -0.15) is 5.10 Å². The first-order valence-corrected chi connectivity index (χ1v) is 5.15. The highest BCUT2D eigenvalue weighted by atomic mass is 16.5. The first kappa shape index (κ1) is 12.2. The number of hydrogen-bond donors (Lipinski definition) is 1. The summed E-state index contributed by atoms with van der Waals surface area (Å²) < 4.78 is 6.87. The fourth-order valence-corrected chi connectivity index (χ4v) is 1.48. The number of hydrogen-bond acceptors (Lipinski definition) is 4. The Balaban J connectivity index is 2.42. The summed E-state index contributed by atoms with van der Waals surface area (Å²) in [5, 5.41) is 4.14. The van der Waals surface area contributed by atoms with Crippen LogP contribution in [-0.4, -0.2) is 48.0 Å². The van der Waals surface area contributed by atoms with Crippen LogP contribution in [0, 0.1) is 0 Å². The summed E-state index contributed by atoms with van der Waals surface area (Å²) in [5.74, 6) is 0. The molecule has 2 N–H and O–H groups in total. The van der Waals surface area contributed by atoms with Gasteiger partial charge in [0.05, 0.1) is 12.8 Å². The molecular weight excluding hydrogens is 192 g/mol. The highest BCUT2D eigenvalue weighted by Gasteiger charge is 2.05. The molecule has 0 radical (unpaired) electrons. The van der Waals surface area contributed by atoms with Crippen molar-refractivity contribution in [2.45, 2.75) is 6.54 Å². The lowest BCUT2D eigenvalue weighted by molar-refractivity contribution is 0.146. The Morgan fingerprint density at radius 2 is 2.33 bits per heavy atom. The fraction of sp³-hybridized carbons (Fsp3) is 0.700. The van der Waals surface area contributed by atoms with Gasteiger partial charge in [0.25, 0.3) is 0 Å². The van der Waals surface area contributed by atoms with E-state index in [4.69, 9.17) is 10.5 Å². The van der Waals surface area contributed by atoms with Crippen molar-refractivity contribution in [1.29, 1.82) is 0 Å². The zero-order chi connectivity index (χ0) is 11.1. The first-order valence-electron chi connectivity index (χ1n) is 5.15. The van der Waals surface area contributed by atoms with Crippen LogP contribution in [0.25, 0.3) is 0 Å². The van der Waals surface area contributed by atoms with Crippen molar-refractivity contribution in [2.24, 2.45) is 12.8 Å². The summed E-state index contributed by atoms with van der Waals surface area (Å²) in [6, 6.07) is 0. The average molecular weight is 212 g/mol. The molecule has 5 nitrogen and oxygen atoms in total. The molecule has 0 atom stereocenters. The van der Waals surface area contributed by atoms with Gasteiger partial charge in [-0.1, -0.05) is 0 Å². The minimum atomic E-state index is 0.671. The van der Waals surface area contributed by atoms with Crippen LogP contribution in [0.3, 0.4) is 0 Å². The molecule has 0 saturated heterocycles. The fourth-order valence-electron chi connectivity index (χ4n) is 1.48. The van der Waals surface area contributed by atoms with Crippen LogP contribution in [0.1, 0.15) is 5.56 Å². The number of methoxy groups -OCH3 is 1. The molecule has 1 aromatic heterocycles. The van der Waals surface area contributed by atoms with E-state index in [0.717, 1.165) is 26.2 Å². The van der Waals surface area contributed by atoms with Crippen molar-refractivity contribution in [3.8, 4) is 0 Å². The normalized spacial score (nSPS) is 11.2. The molecule has 86 valence electrons. The van der Waals surface area contributed by atoms with Gasteiger partial charge in [-0.25, -0.2) is 0 Å². The smallest absolute Gasteiger partial charge is 0.0589 e. The Hall–Kier alpha value is -0.910. The monoisotopic (exact) mass is 212 g/mol. The maximum Gasteiger partial charge on any atom is 0.0589 e. The van der Waals surface area contributed by atoms with Crippen molar-refractivity contribution in [3.05, 3.63) is 18.0 Å². The van der Waals surface area contributed by atoms with Gasteiger partial charge >= 0.3 is 0 Å². The molecule has 0 amide bonds. The van der Waals surface area contributed by atoms with E-state index in [2.05, 4.69) is 10.00 Å². The van der Waals surface area contributed by atoms with E-state index < -0.39 is 0 Å². The Bertz CT molecular complexity index is 274. The Labute approximate surface area is 90.8 Å². The lowest BCUT2D eigenvalue weighted by atomic mass is 10.3. The predicted octanol–water partition coefficient (Wildman–Crippen LogP) is -0.173. The van der Waals surface area contributed by atoms with Gasteiger partial charge in [0.2, 0.25) is 0 Å². The van der Waals surface area contributed by atoms with Gasteiger partial charge in [-0.05, 0) is 0 Å². The van der Waals surface area contributed by atoms with E-state index in [-0.39, 0.29) is 0 Å². The van der Waals surface area contributed by atoms with Crippen molar-refractivity contribution in [1.82, 2.24) is 14.7 Å². The molecule has 1 rings (SSSR count). The first-order chi connectivity index (χ1) is 7.26. The van der Waals surface area contributed by atoms with Gasteiger partial charge in [-0.15, -0.1) is 0 Å².